The van der Waals surface area contributed by atoms with Crippen LogP contribution in [0.15, 0.2) is 0 Å². The van der Waals surface area contributed by atoms with Gasteiger partial charge in [-0.05, 0) is 43.7 Å². The quantitative estimate of drug-likeness (QED) is 0.758. The van der Waals surface area contributed by atoms with Gasteiger partial charge in [-0.25, -0.2) is 0 Å². The van der Waals surface area contributed by atoms with Gasteiger partial charge in [-0.1, -0.05) is 6.92 Å². The normalized spacial score (nSPS) is 22.3. The van der Waals surface area contributed by atoms with E-state index in [0.29, 0.717) is 0 Å². The average Bonchev–Trinajstić information content (AvgIpc) is 2.26. The Hall–Kier alpha value is -0.220. The van der Waals surface area contributed by atoms with Crippen LogP contribution in [0.2, 0.25) is 0 Å². The highest BCUT2D eigenvalue weighted by Gasteiger charge is 2.20. The minimum atomic E-state index is -0.714. The molecule has 3 nitrogen and oxygen atoms in total. The second-order valence-electron chi connectivity index (χ2n) is 4.38. The summed E-state index contributed by atoms with van der Waals surface area (Å²) in [5.41, 5.74) is 0. The van der Waals surface area contributed by atoms with E-state index in [9.17, 15) is 4.79 Å². The Morgan fingerprint density at radius 1 is 1.47 bits per heavy atom. The summed E-state index contributed by atoms with van der Waals surface area (Å²) in [4.78, 5) is 10.7. The smallest absolute Gasteiger partial charge is 0.307 e. The van der Waals surface area contributed by atoms with Crippen LogP contribution in [0.25, 0.3) is 0 Å². The first-order valence-corrected chi connectivity index (χ1v) is 6.80. The molecule has 1 aliphatic heterocycles. The number of carbonyl (C=O) groups is 1. The lowest BCUT2D eigenvalue weighted by Crippen LogP contribution is -2.39. The molecular formula is C11H21NO2S. The lowest BCUT2D eigenvalue weighted by atomic mass is 10.00. The minimum Gasteiger partial charge on any atom is -0.481 e. The Morgan fingerprint density at radius 2 is 2.07 bits per heavy atom. The number of carboxylic acids is 1. The van der Waals surface area contributed by atoms with Crippen LogP contribution in [0.1, 0.15) is 26.7 Å². The van der Waals surface area contributed by atoms with Crippen molar-refractivity contribution in [1.82, 2.24) is 5.32 Å². The number of hydrogen-bond acceptors (Lipinski definition) is 3. The van der Waals surface area contributed by atoms with Gasteiger partial charge >= 0.3 is 5.97 Å². The molecule has 0 aliphatic carbocycles. The molecule has 2 atom stereocenters. The van der Waals surface area contributed by atoms with Crippen LogP contribution in [0.3, 0.4) is 0 Å². The van der Waals surface area contributed by atoms with Gasteiger partial charge in [0.25, 0.3) is 0 Å². The molecule has 4 heteroatoms. The molecule has 2 unspecified atom stereocenters. The third kappa shape index (κ3) is 4.43. The van der Waals surface area contributed by atoms with E-state index in [2.05, 4.69) is 5.32 Å². The molecule has 2 N–H and O–H groups in total. The number of hydrogen-bond donors (Lipinski definition) is 2. The predicted molar refractivity (Wildman–Crippen MR) is 64.3 cm³/mol. The maximum atomic E-state index is 10.7. The summed E-state index contributed by atoms with van der Waals surface area (Å²) >= 11 is 2.02. The molecule has 0 saturated carbocycles. The first-order valence-electron chi connectivity index (χ1n) is 5.65. The third-order valence-electron chi connectivity index (χ3n) is 3.21. The van der Waals surface area contributed by atoms with Crippen molar-refractivity contribution < 1.29 is 9.90 Å². The molecular weight excluding hydrogens is 210 g/mol. The van der Waals surface area contributed by atoms with E-state index in [1.807, 2.05) is 18.7 Å². The molecule has 1 heterocycles. The summed E-state index contributed by atoms with van der Waals surface area (Å²) in [6.45, 7) is 4.69. The molecule has 0 aromatic carbocycles. The van der Waals surface area contributed by atoms with Gasteiger partial charge in [-0.15, -0.1) is 0 Å². The fourth-order valence-electron chi connectivity index (χ4n) is 1.69. The van der Waals surface area contributed by atoms with Gasteiger partial charge in [-0.2, -0.15) is 11.8 Å². The first kappa shape index (κ1) is 12.8. The SMILES string of the molecule is CC(NCC1CCSCC1)C(C)C(=O)O. The second-order valence-corrected chi connectivity index (χ2v) is 5.60. The van der Waals surface area contributed by atoms with Crippen LogP contribution in [0.5, 0.6) is 0 Å². The van der Waals surface area contributed by atoms with Crippen molar-refractivity contribution in [3.8, 4) is 0 Å². The zero-order chi connectivity index (χ0) is 11.3. The molecule has 1 saturated heterocycles. The molecule has 1 fully saturated rings. The van der Waals surface area contributed by atoms with Gasteiger partial charge < -0.3 is 10.4 Å². The van der Waals surface area contributed by atoms with Gasteiger partial charge in [0.2, 0.25) is 0 Å². The molecule has 0 bridgehead atoms. The molecule has 0 radical (unpaired) electrons. The summed E-state index contributed by atoms with van der Waals surface area (Å²) in [7, 11) is 0. The molecule has 0 aromatic heterocycles. The maximum Gasteiger partial charge on any atom is 0.307 e. The zero-order valence-electron chi connectivity index (χ0n) is 9.53. The summed E-state index contributed by atoms with van der Waals surface area (Å²) in [6, 6.07) is 0.0667. The predicted octanol–water partition coefficient (Wildman–Crippen LogP) is 1.83. The van der Waals surface area contributed by atoms with Crippen molar-refractivity contribution >= 4 is 17.7 Å². The van der Waals surface area contributed by atoms with Crippen LogP contribution in [-0.4, -0.2) is 35.2 Å². The molecule has 15 heavy (non-hydrogen) atoms. The van der Waals surface area contributed by atoms with E-state index in [1.165, 1.54) is 24.3 Å². The highest BCUT2D eigenvalue weighted by molar-refractivity contribution is 7.99. The molecule has 0 spiro atoms. The Labute approximate surface area is 96.0 Å². The number of rotatable bonds is 5. The molecule has 0 aromatic rings. The van der Waals surface area contributed by atoms with Crippen molar-refractivity contribution in [2.75, 3.05) is 18.1 Å². The Kier molecular flexibility index (Phi) is 5.47. The summed E-state index contributed by atoms with van der Waals surface area (Å²) in [6.07, 6.45) is 2.54. The second kappa shape index (κ2) is 6.38. The molecule has 1 rings (SSSR count). The van der Waals surface area contributed by atoms with Gasteiger partial charge in [0.15, 0.2) is 0 Å². The number of nitrogens with one attached hydrogen (secondary N) is 1. The Balaban J connectivity index is 2.20. The summed E-state index contributed by atoms with van der Waals surface area (Å²) in [5, 5.41) is 12.2. The van der Waals surface area contributed by atoms with Crippen molar-refractivity contribution in [3.05, 3.63) is 0 Å². The van der Waals surface area contributed by atoms with Crippen LogP contribution >= 0.6 is 11.8 Å². The third-order valence-corrected chi connectivity index (χ3v) is 4.26. The lowest BCUT2D eigenvalue weighted by Gasteiger charge is -2.25. The number of aliphatic carboxylic acids is 1. The van der Waals surface area contributed by atoms with Crippen molar-refractivity contribution in [3.63, 3.8) is 0 Å². The zero-order valence-corrected chi connectivity index (χ0v) is 10.3. The summed E-state index contributed by atoms with van der Waals surface area (Å²) in [5.74, 6) is 2.25. The van der Waals surface area contributed by atoms with E-state index in [1.54, 1.807) is 6.92 Å². The maximum absolute atomic E-state index is 10.7. The van der Waals surface area contributed by atoms with E-state index in [4.69, 9.17) is 5.11 Å². The number of carboxylic acid groups (broad SMARTS) is 1. The lowest BCUT2D eigenvalue weighted by molar-refractivity contribution is -0.141. The Morgan fingerprint density at radius 3 is 2.60 bits per heavy atom. The van der Waals surface area contributed by atoms with E-state index < -0.39 is 5.97 Å². The van der Waals surface area contributed by atoms with Gasteiger partial charge in [0.05, 0.1) is 5.92 Å². The largest absolute Gasteiger partial charge is 0.481 e. The topological polar surface area (TPSA) is 49.3 Å². The van der Waals surface area contributed by atoms with Crippen LogP contribution in [-0.2, 0) is 4.79 Å². The molecule has 1 aliphatic rings. The minimum absolute atomic E-state index is 0.0667. The van der Waals surface area contributed by atoms with E-state index in [0.717, 1.165) is 12.5 Å². The van der Waals surface area contributed by atoms with Gasteiger partial charge in [0.1, 0.15) is 0 Å². The highest BCUT2D eigenvalue weighted by Crippen LogP contribution is 2.22. The fourth-order valence-corrected chi connectivity index (χ4v) is 2.90. The van der Waals surface area contributed by atoms with Crippen LogP contribution < -0.4 is 5.32 Å². The molecule has 0 amide bonds. The first-order chi connectivity index (χ1) is 7.11. The van der Waals surface area contributed by atoms with E-state index >= 15 is 0 Å². The van der Waals surface area contributed by atoms with Gasteiger partial charge in [-0.3, -0.25) is 4.79 Å². The molecule has 88 valence electrons. The van der Waals surface area contributed by atoms with Crippen LogP contribution in [0.4, 0.5) is 0 Å². The average molecular weight is 231 g/mol. The van der Waals surface area contributed by atoms with Gasteiger partial charge in [0, 0.05) is 6.04 Å². The summed E-state index contributed by atoms with van der Waals surface area (Å²) < 4.78 is 0. The fraction of sp³-hybridized carbons (Fsp3) is 0.909. The standard InChI is InChI=1S/C11H21NO2S/c1-8(11(13)14)9(2)12-7-10-3-5-15-6-4-10/h8-10,12H,3-7H2,1-2H3,(H,13,14). The number of thioether (sulfide) groups is 1. The van der Waals surface area contributed by atoms with E-state index in [-0.39, 0.29) is 12.0 Å². The van der Waals surface area contributed by atoms with Crippen molar-refractivity contribution in [1.29, 1.82) is 0 Å². The van der Waals surface area contributed by atoms with Crippen molar-refractivity contribution in [2.24, 2.45) is 11.8 Å². The highest BCUT2D eigenvalue weighted by atomic mass is 32.2. The van der Waals surface area contributed by atoms with Crippen LogP contribution in [0, 0.1) is 11.8 Å². The Bertz CT molecular complexity index is 205. The monoisotopic (exact) mass is 231 g/mol. The van der Waals surface area contributed by atoms with Crippen molar-refractivity contribution in [2.45, 2.75) is 32.7 Å².